The van der Waals surface area contributed by atoms with Gasteiger partial charge in [0.25, 0.3) is 0 Å². The Morgan fingerprint density at radius 2 is 2.23 bits per heavy atom. The van der Waals surface area contributed by atoms with E-state index in [0.29, 0.717) is 12.2 Å². The Labute approximate surface area is 128 Å². The third kappa shape index (κ3) is 4.01. The lowest BCUT2D eigenvalue weighted by atomic mass is 10.3. The molecule has 9 nitrogen and oxygen atoms in total. The summed E-state index contributed by atoms with van der Waals surface area (Å²) >= 11 is 0. The van der Waals surface area contributed by atoms with Gasteiger partial charge in [0, 0.05) is 26.2 Å². The van der Waals surface area contributed by atoms with Gasteiger partial charge in [-0.25, -0.2) is 0 Å². The molecular formula is C13H21N5O4. The molecule has 0 spiro atoms. The molecule has 1 aliphatic rings. The lowest BCUT2D eigenvalue weighted by molar-refractivity contribution is -0.389. The van der Waals surface area contributed by atoms with Crippen LogP contribution in [0, 0.1) is 17.0 Å². The third-order valence-corrected chi connectivity index (χ3v) is 3.67. The number of nitro groups is 1. The molecule has 1 aliphatic heterocycles. The predicted molar refractivity (Wildman–Crippen MR) is 78.6 cm³/mol. The van der Waals surface area contributed by atoms with Gasteiger partial charge < -0.3 is 20.2 Å². The summed E-state index contributed by atoms with van der Waals surface area (Å²) in [7, 11) is 0. The monoisotopic (exact) mass is 311 g/mol. The molecule has 1 saturated heterocycles. The van der Waals surface area contributed by atoms with Gasteiger partial charge in [0.05, 0.1) is 30.1 Å². The normalized spacial score (nSPS) is 17.2. The Morgan fingerprint density at radius 1 is 1.55 bits per heavy atom. The number of amides is 1. The molecule has 0 radical (unpaired) electrons. The average molecular weight is 311 g/mol. The first-order valence-electron chi connectivity index (χ1n) is 7.27. The summed E-state index contributed by atoms with van der Waals surface area (Å²) in [6.45, 7) is 7.85. The molecule has 1 atom stereocenters. The van der Waals surface area contributed by atoms with Gasteiger partial charge >= 0.3 is 5.82 Å². The number of nitrogens with one attached hydrogen (secondary N) is 1. The van der Waals surface area contributed by atoms with Gasteiger partial charge in [-0.05, 0) is 18.8 Å². The van der Waals surface area contributed by atoms with E-state index in [1.165, 1.54) is 10.7 Å². The van der Waals surface area contributed by atoms with Crippen LogP contribution in [0.2, 0.25) is 0 Å². The number of hydrogen-bond acceptors (Lipinski definition) is 6. The molecule has 0 bridgehead atoms. The molecule has 2 rings (SSSR count). The van der Waals surface area contributed by atoms with Gasteiger partial charge in [-0.2, -0.15) is 4.68 Å². The van der Waals surface area contributed by atoms with Crippen LogP contribution < -0.4 is 5.32 Å². The van der Waals surface area contributed by atoms with Crippen molar-refractivity contribution in [3.8, 4) is 0 Å². The van der Waals surface area contributed by atoms with E-state index in [1.807, 2.05) is 0 Å². The van der Waals surface area contributed by atoms with Crippen LogP contribution in [-0.4, -0.2) is 64.9 Å². The van der Waals surface area contributed by atoms with E-state index in [9.17, 15) is 14.9 Å². The van der Waals surface area contributed by atoms with Crippen LogP contribution in [0.25, 0.3) is 0 Å². The highest BCUT2D eigenvalue weighted by atomic mass is 16.6. The van der Waals surface area contributed by atoms with E-state index in [2.05, 4.69) is 15.3 Å². The van der Waals surface area contributed by atoms with E-state index in [1.54, 1.807) is 13.8 Å². The highest BCUT2D eigenvalue weighted by molar-refractivity contribution is 5.79. The minimum atomic E-state index is -0.585. The van der Waals surface area contributed by atoms with Gasteiger partial charge in [0.2, 0.25) is 5.91 Å². The summed E-state index contributed by atoms with van der Waals surface area (Å²) < 4.78 is 6.64. The smallest absolute Gasteiger partial charge is 0.379 e. The number of aryl methyl sites for hydroxylation is 1. The number of carbonyl (C=O) groups is 1. The third-order valence-electron chi connectivity index (χ3n) is 3.67. The second-order valence-electron chi connectivity index (χ2n) is 5.27. The summed E-state index contributed by atoms with van der Waals surface area (Å²) in [5.74, 6) is -0.445. The van der Waals surface area contributed by atoms with Crippen molar-refractivity contribution in [1.82, 2.24) is 20.0 Å². The minimum absolute atomic E-state index is 0.200. The van der Waals surface area contributed by atoms with Gasteiger partial charge in [-0.15, -0.1) is 0 Å². The maximum absolute atomic E-state index is 12.1. The number of ether oxygens (including phenoxy) is 1. The van der Waals surface area contributed by atoms with E-state index >= 15 is 0 Å². The van der Waals surface area contributed by atoms with Crippen LogP contribution in [0.4, 0.5) is 5.82 Å². The van der Waals surface area contributed by atoms with E-state index in [0.717, 1.165) is 32.8 Å². The van der Waals surface area contributed by atoms with Gasteiger partial charge in [0.1, 0.15) is 6.04 Å². The Kier molecular flexibility index (Phi) is 5.45. The van der Waals surface area contributed by atoms with Crippen LogP contribution in [-0.2, 0) is 9.53 Å². The highest BCUT2D eigenvalue weighted by Crippen LogP contribution is 2.15. The summed E-state index contributed by atoms with van der Waals surface area (Å²) in [5, 5.41) is 17.4. The number of morpholine rings is 1. The molecule has 0 aliphatic carbocycles. The van der Waals surface area contributed by atoms with Crippen molar-refractivity contribution in [3.63, 3.8) is 0 Å². The number of nitrogens with zero attached hydrogens (tertiary/aromatic N) is 4. The lowest BCUT2D eigenvalue weighted by Gasteiger charge is -2.26. The largest absolute Gasteiger partial charge is 0.390 e. The van der Waals surface area contributed by atoms with Crippen molar-refractivity contribution < 1.29 is 14.5 Å². The fourth-order valence-electron chi connectivity index (χ4n) is 2.37. The minimum Gasteiger partial charge on any atom is -0.379 e. The average Bonchev–Trinajstić information content (AvgIpc) is 2.89. The van der Waals surface area contributed by atoms with Crippen LogP contribution in [0.3, 0.4) is 0 Å². The van der Waals surface area contributed by atoms with Gasteiger partial charge in [-0.1, -0.05) is 0 Å². The summed E-state index contributed by atoms with van der Waals surface area (Å²) in [5.41, 5.74) is 0.586. The molecule has 122 valence electrons. The molecule has 1 fully saturated rings. The van der Waals surface area contributed by atoms with Crippen molar-refractivity contribution in [3.05, 3.63) is 21.9 Å². The number of rotatable bonds is 6. The van der Waals surface area contributed by atoms with Crippen LogP contribution in [0.5, 0.6) is 0 Å². The fraction of sp³-hybridized carbons (Fsp3) is 0.692. The maximum atomic E-state index is 12.1. The maximum Gasteiger partial charge on any atom is 0.390 e. The molecule has 2 heterocycles. The van der Waals surface area contributed by atoms with Crippen molar-refractivity contribution in [2.75, 3.05) is 39.4 Å². The number of carbonyl (C=O) groups excluding carboxylic acids is 1. The van der Waals surface area contributed by atoms with Gasteiger partial charge in [-0.3, -0.25) is 9.69 Å². The standard InChI is InChI=1S/C13H21N5O4/c1-10-9-12(18(20)21)15-17(10)11(2)13(19)14-3-4-16-5-7-22-8-6-16/h9,11H,3-8H2,1-2H3,(H,14,19). The first kappa shape index (κ1) is 16.4. The molecule has 1 N–H and O–H groups in total. The molecule has 0 aromatic carbocycles. The van der Waals surface area contributed by atoms with Crippen molar-refractivity contribution in [2.24, 2.45) is 0 Å². The zero-order valence-electron chi connectivity index (χ0n) is 12.8. The van der Waals surface area contributed by atoms with Crippen LogP contribution >= 0.6 is 0 Å². The first-order chi connectivity index (χ1) is 10.5. The zero-order valence-corrected chi connectivity index (χ0v) is 12.8. The zero-order chi connectivity index (χ0) is 16.1. The van der Waals surface area contributed by atoms with Gasteiger partial charge in [0.15, 0.2) is 0 Å². The molecule has 1 amide bonds. The fourth-order valence-corrected chi connectivity index (χ4v) is 2.37. The second-order valence-corrected chi connectivity index (χ2v) is 5.27. The molecule has 1 aromatic rings. The van der Waals surface area contributed by atoms with Crippen LogP contribution in [0.15, 0.2) is 6.07 Å². The van der Waals surface area contributed by atoms with Crippen molar-refractivity contribution in [2.45, 2.75) is 19.9 Å². The summed E-state index contributed by atoms with van der Waals surface area (Å²) in [4.78, 5) is 24.5. The van der Waals surface area contributed by atoms with Crippen molar-refractivity contribution in [1.29, 1.82) is 0 Å². The Balaban J connectivity index is 1.84. The SMILES string of the molecule is Cc1cc([N+](=O)[O-])nn1C(C)C(=O)NCCN1CCOCC1. The molecule has 1 aromatic heterocycles. The Hall–Kier alpha value is -2.00. The number of hydrogen-bond donors (Lipinski definition) is 1. The Morgan fingerprint density at radius 3 is 2.82 bits per heavy atom. The summed E-state index contributed by atoms with van der Waals surface area (Å²) in [6.07, 6.45) is 0. The van der Waals surface area contributed by atoms with Crippen LogP contribution in [0.1, 0.15) is 18.7 Å². The second kappa shape index (κ2) is 7.32. The lowest BCUT2D eigenvalue weighted by Crippen LogP contribution is -2.42. The number of aromatic nitrogens is 2. The molecule has 22 heavy (non-hydrogen) atoms. The molecular weight excluding hydrogens is 290 g/mol. The quantitative estimate of drug-likeness (QED) is 0.591. The first-order valence-corrected chi connectivity index (χ1v) is 7.27. The van der Waals surface area contributed by atoms with Crippen molar-refractivity contribution >= 4 is 11.7 Å². The Bertz CT molecular complexity index is 539. The molecule has 9 heteroatoms. The highest BCUT2D eigenvalue weighted by Gasteiger charge is 2.24. The van der Waals surface area contributed by atoms with E-state index in [-0.39, 0.29) is 11.7 Å². The molecule has 0 saturated carbocycles. The van der Waals surface area contributed by atoms with E-state index < -0.39 is 11.0 Å². The van der Waals surface area contributed by atoms with E-state index in [4.69, 9.17) is 4.74 Å². The topological polar surface area (TPSA) is 103 Å². The molecule has 1 unspecified atom stereocenters. The predicted octanol–water partition coefficient (Wildman–Crippen LogP) is 0.109. The summed E-state index contributed by atoms with van der Waals surface area (Å²) in [6, 6.07) is 0.774.